The van der Waals surface area contributed by atoms with E-state index in [0.29, 0.717) is 0 Å². The second-order valence-corrected chi connectivity index (χ2v) is 7.10. The number of ether oxygens (including phenoxy) is 1. The van der Waals surface area contributed by atoms with Gasteiger partial charge in [-0.25, -0.2) is 0 Å². The third kappa shape index (κ3) is 3.53. The molecule has 2 atom stereocenters. The number of nitrogens with one attached hydrogen (secondary N) is 1. The van der Waals surface area contributed by atoms with Crippen molar-refractivity contribution < 1.29 is 4.74 Å². The van der Waals surface area contributed by atoms with Crippen LogP contribution in [0.3, 0.4) is 0 Å². The Morgan fingerprint density at radius 3 is 2.59 bits per heavy atom. The van der Waals surface area contributed by atoms with Crippen LogP contribution in [0.25, 0.3) is 0 Å². The van der Waals surface area contributed by atoms with Crippen LogP contribution in [-0.4, -0.2) is 26.7 Å². The van der Waals surface area contributed by atoms with Crippen LogP contribution in [0.4, 0.5) is 0 Å². The summed E-state index contributed by atoms with van der Waals surface area (Å²) in [7, 11) is 3.71. The summed E-state index contributed by atoms with van der Waals surface area (Å²) in [4.78, 5) is 6.81. The predicted molar refractivity (Wildman–Crippen MR) is 109 cm³/mol. The number of pyridine rings is 1. The first-order chi connectivity index (χ1) is 13.2. The zero-order valence-electron chi connectivity index (χ0n) is 15.4. The molecule has 0 amide bonds. The van der Waals surface area contributed by atoms with Crippen LogP contribution in [0.1, 0.15) is 28.9 Å². The molecule has 3 heterocycles. The van der Waals surface area contributed by atoms with Crippen molar-refractivity contribution in [1.82, 2.24) is 19.8 Å². The van der Waals surface area contributed by atoms with Gasteiger partial charge in [0.2, 0.25) is 0 Å². The molecule has 4 rings (SSSR count). The summed E-state index contributed by atoms with van der Waals surface area (Å²) in [5.41, 5.74) is 3.39. The van der Waals surface area contributed by atoms with Crippen LogP contribution in [0.15, 0.2) is 67.1 Å². The molecule has 1 aliphatic heterocycles. The smallest absolute Gasteiger partial charge is 0.170 e. The molecule has 1 saturated heterocycles. The fourth-order valence-electron chi connectivity index (χ4n) is 3.57. The first-order valence-corrected chi connectivity index (χ1v) is 9.29. The molecule has 1 aliphatic rings. The van der Waals surface area contributed by atoms with Crippen LogP contribution in [0.2, 0.25) is 0 Å². The molecule has 27 heavy (non-hydrogen) atoms. The zero-order chi connectivity index (χ0) is 18.8. The van der Waals surface area contributed by atoms with Gasteiger partial charge in [0.15, 0.2) is 5.11 Å². The minimum absolute atomic E-state index is 0.0133. The second kappa shape index (κ2) is 7.40. The van der Waals surface area contributed by atoms with Crippen molar-refractivity contribution in [3.05, 3.63) is 83.9 Å². The minimum atomic E-state index is 0.0133. The average Bonchev–Trinajstić information content (AvgIpc) is 3.26. The predicted octanol–water partition coefficient (Wildman–Crippen LogP) is 3.60. The van der Waals surface area contributed by atoms with Gasteiger partial charge in [0.05, 0.1) is 24.9 Å². The first-order valence-electron chi connectivity index (χ1n) is 8.88. The minimum Gasteiger partial charge on any atom is -0.497 e. The van der Waals surface area contributed by atoms with Crippen molar-refractivity contribution in [2.45, 2.75) is 18.6 Å². The highest BCUT2D eigenvalue weighted by Crippen LogP contribution is 2.39. The Balaban J connectivity index is 1.68. The molecule has 0 aliphatic carbocycles. The van der Waals surface area contributed by atoms with E-state index in [1.807, 2.05) is 43.6 Å². The molecule has 0 spiro atoms. The van der Waals surface area contributed by atoms with Crippen molar-refractivity contribution >= 4 is 17.3 Å². The number of rotatable bonds is 5. The van der Waals surface area contributed by atoms with E-state index in [1.165, 1.54) is 11.1 Å². The van der Waals surface area contributed by atoms with Gasteiger partial charge in [0.25, 0.3) is 0 Å². The van der Waals surface area contributed by atoms with Gasteiger partial charge < -0.3 is 19.5 Å². The lowest BCUT2D eigenvalue weighted by atomic mass is 9.98. The lowest BCUT2D eigenvalue weighted by Crippen LogP contribution is -2.29. The first kappa shape index (κ1) is 17.5. The Bertz CT molecular complexity index is 923. The van der Waals surface area contributed by atoms with Gasteiger partial charge in [-0.2, -0.15) is 0 Å². The molecule has 3 aromatic rings. The number of benzene rings is 1. The second-order valence-electron chi connectivity index (χ2n) is 6.71. The summed E-state index contributed by atoms with van der Waals surface area (Å²) in [6.45, 7) is 0.721. The molecule has 5 nitrogen and oxygen atoms in total. The Morgan fingerprint density at radius 1 is 1.15 bits per heavy atom. The number of nitrogens with zero attached hydrogens (tertiary/aromatic N) is 3. The van der Waals surface area contributed by atoms with Gasteiger partial charge in [-0.1, -0.05) is 18.2 Å². The van der Waals surface area contributed by atoms with E-state index in [1.54, 1.807) is 7.11 Å². The fraction of sp³-hybridized carbons (Fsp3) is 0.238. The molecule has 1 aromatic carbocycles. The topological polar surface area (TPSA) is 42.3 Å². The summed E-state index contributed by atoms with van der Waals surface area (Å²) < 4.78 is 7.33. The third-order valence-corrected chi connectivity index (χ3v) is 5.26. The monoisotopic (exact) mass is 378 g/mol. The number of methoxy groups -OCH3 is 1. The maximum atomic E-state index is 5.70. The molecular weight excluding hydrogens is 356 g/mol. The van der Waals surface area contributed by atoms with Crippen molar-refractivity contribution in [1.29, 1.82) is 0 Å². The molecule has 138 valence electrons. The summed E-state index contributed by atoms with van der Waals surface area (Å²) >= 11 is 5.70. The van der Waals surface area contributed by atoms with E-state index in [-0.39, 0.29) is 12.1 Å². The summed E-state index contributed by atoms with van der Waals surface area (Å²) in [5, 5.41) is 4.23. The molecule has 1 N–H and O–H groups in total. The summed E-state index contributed by atoms with van der Waals surface area (Å²) in [6.07, 6.45) is 6.04. The molecule has 2 aromatic heterocycles. The van der Waals surface area contributed by atoms with Crippen LogP contribution in [-0.2, 0) is 13.6 Å². The molecule has 0 unspecified atom stereocenters. The van der Waals surface area contributed by atoms with Crippen LogP contribution >= 0.6 is 12.2 Å². The Labute approximate surface area is 164 Å². The summed E-state index contributed by atoms with van der Waals surface area (Å²) in [6, 6.07) is 16.4. The number of hydrogen-bond donors (Lipinski definition) is 1. The molecule has 1 fully saturated rings. The Morgan fingerprint density at radius 2 is 1.96 bits per heavy atom. The van der Waals surface area contributed by atoms with Crippen LogP contribution in [0.5, 0.6) is 5.75 Å². The SMILES string of the molecule is COc1ccc(CN2C(=S)N[C@@H](c3ccccn3)[C@H]2c2ccn(C)c2)cc1. The van der Waals surface area contributed by atoms with E-state index in [4.69, 9.17) is 17.0 Å². The van der Waals surface area contributed by atoms with Crippen molar-refractivity contribution in [2.24, 2.45) is 7.05 Å². The average molecular weight is 379 g/mol. The van der Waals surface area contributed by atoms with Crippen molar-refractivity contribution in [2.75, 3.05) is 7.11 Å². The number of aryl methyl sites for hydroxylation is 1. The highest BCUT2D eigenvalue weighted by atomic mass is 32.1. The lowest BCUT2D eigenvalue weighted by Gasteiger charge is -2.27. The van der Waals surface area contributed by atoms with E-state index >= 15 is 0 Å². The lowest BCUT2D eigenvalue weighted by molar-refractivity contribution is 0.311. The van der Waals surface area contributed by atoms with Gasteiger partial charge in [-0.15, -0.1) is 0 Å². The maximum Gasteiger partial charge on any atom is 0.170 e. The highest BCUT2D eigenvalue weighted by Gasteiger charge is 2.39. The summed E-state index contributed by atoms with van der Waals surface area (Å²) in [5.74, 6) is 0.854. The molecule has 0 radical (unpaired) electrons. The van der Waals surface area contributed by atoms with Gasteiger partial charge >= 0.3 is 0 Å². The number of hydrogen-bond acceptors (Lipinski definition) is 3. The Kier molecular flexibility index (Phi) is 4.81. The van der Waals surface area contributed by atoms with E-state index in [9.17, 15) is 0 Å². The molecule has 0 bridgehead atoms. The number of aromatic nitrogens is 2. The van der Waals surface area contributed by atoms with Gasteiger partial charge in [0.1, 0.15) is 5.75 Å². The number of thiocarbonyl (C=S) groups is 1. The molecular formula is C21H22N4OS. The highest BCUT2D eigenvalue weighted by molar-refractivity contribution is 7.80. The van der Waals surface area contributed by atoms with Crippen LogP contribution < -0.4 is 10.1 Å². The zero-order valence-corrected chi connectivity index (χ0v) is 16.2. The van der Waals surface area contributed by atoms with Gasteiger partial charge in [-0.3, -0.25) is 4.98 Å². The van der Waals surface area contributed by atoms with Gasteiger partial charge in [-0.05, 0) is 53.7 Å². The van der Waals surface area contributed by atoms with Crippen molar-refractivity contribution in [3.63, 3.8) is 0 Å². The largest absolute Gasteiger partial charge is 0.497 e. The normalized spacial score (nSPS) is 19.2. The Hall–Kier alpha value is -2.86. The molecule has 0 saturated carbocycles. The van der Waals surface area contributed by atoms with E-state index in [2.05, 4.69) is 50.4 Å². The van der Waals surface area contributed by atoms with E-state index in [0.717, 1.165) is 23.1 Å². The van der Waals surface area contributed by atoms with Gasteiger partial charge in [0, 0.05) is 32.2 Å². The third-order valence-electron chi connectivity index (χ3n) is 4.91. The maximum absolute atomic E-state index is 5.70. The quantitative estimate of drug-likeness (QED) is 0.687. The standard InChI is InChI=1S/C21H22N4OS/c1-24-12-10-16(14-24)20-19(18-5-3-4-11-22-18)23-21(27)25(20)13-15-6-8-17(26-2)9-7-15/h3-12,14,19-20H,13H2,1-2H3,(H,23,27)/t19-,20+/m0/s1. The van der Waals surface area contributed by atoms with Crippen molar-refractivity contribution in [3.8, 4) is 5.75 Å². The molecule has 6 heteroatoms. The fourth-order valence-corrected chi connectivity index (χ4v) is 3.87. The van der Waals surface area contributed by atoms with E-state index < -0.39 is 0 Å². The van der Waals surface area contributed by atoms with Crippen LogP contribution in [0, 0.1) is 0 Å².